The maximum absolute atomic E-state index is 12.8. The third-order valence-electron chi connectivity index (χ3n) is 4.37. The molecular formula is C22H25N3O4. The molecule has 29 heavy (non-hydrogen) atoms. The first kappa shape index (κ1) is 20.3. The Morgan fingerprint density at radius 1 is 1.03 bits per heavy atom. The topological polar surface area (TPSA) is 83.7 Å². The first-order valence-electron chi connectivity index (χ1n) is 9.54. The number of nitrogens with zero attached hydrogens (tertiary/aromatic N) is 1. The maximum Gasteiger partial charge on any atom is 0.256 e. The summed E-state index contributed by atoms with van der Waals surface area (Å²) in [4.78, 5) is 29.7. The van der Waals surface area contributed by atoms with E-state index in [1.807, 2.05) is 38.1 Å². The first-order valence-corrected chi connectivity index (χ1v) is 9.54. The van der Waals surface area contributed by atoms with Crippen LogP contribution >= 0.6 is 0 Å². The molecule has 152 valence electrons. The van der Waals surface area contributed by atoms with E-state index in [2.05, 4.69) is 10.3 Å². The van der Waals surface area contributed by atoms with E-state index in [4.69, 9.17) is 9.47 Å². The Hall–Kier alpha value is -3.48. The summed E-state index contributed by atoms with van der Waals surface area (Å²) in [5, 5.41) is 3.63. The number of anilines is 1. The third-order valence-corrected chi connectivity index (χ3v) is 4.37. The van der Waals surface area contributed by atoms with Crippen LogP contribution in [0.1, 0.15) is 24.2 Å². The van der Waals surface area contributed by atoms with Gasteiger partial charge >= 0.3 is 0 Å². The van der Waals surface area contributed by atoms with Crippen LogP contribution in [0.4, 0.5) is 5.69 Å². The van der Waals surface area contributed by atoms with Crippen LogP contribution in [0.25, 0.3) is 10.9 Å². The zero-order chi connectivity index (χ0) is 20.8. The van der Waals surface area contributed by atoms with E-state index in [0.29, 0.717) is 36.0 Å². The average molecular weight is 395 g/mol. The molecule has 2 amide bonds. The summed E-state index contributed by atoms with van der Waals surface area (Å²) in [5.74, 6) is 0.668. The van der Waals surface area contributed by atoms with Crippen LogP contribution < -0.4 is 14.8 Å². The maximum atomic E-state index is 12.8. The van der Waals surface area contributed by atoms with Crippen molar-refractivity contribution >= 4 is 28.4 Å². The first-order chi connectivity index (χ1) is 14.0. The highest BCUT2D eigenvalue weighted by atomic mass is 16.5. The highest BCUT2D eigenvalue weighted by molar-refractivity contribution is 6.08. The molecule has 2 N–H and O–H groups in total. The standard InChI is InChI=1S/C22H25N3O4/c1-4-28-19-11-10-15(12-20(19)29-5-2)24-21(26)14-25(3)22(27)17-13-23-18-9-7-6-8-16(17)18/h6-13,23H,4-5,14H2,1-3H3,(H,24,26). The number of benzene rings is 2. The number of fused-ring (bicyclic) bond motifs is 1. The van der Waals surface area contributed by atoms with Crippen LogP contribution in [-0.2, 0) is 4.79 Å². The molecule has 0 aliphatic heterocycles. The van der Waals surface area contributed by atoms with Crippen molar-refractivity contribution < 1.29 is 19.1 Å². The van der Waals surface area contributed by atoms with E-state index in [9.17, 15) is 9.59 Å². The van der Waals surface area contributed by atoms with E-state index in [0.717, 1.165) is 10.9 Å². The number of para-hydroxylation sites is 1. The minimum absolute atomic E-state index is 0.0739. The number of carbonyl (C=O) groups is 2. The largest absolute Gasteiger partial charge is 0.490 e. The number of rotatable bonds is 8. The Kier molecular flexibility index (Phi) is 6.39. The Bertz CT molecular complexity index is 1010. The van der Waals surface area contributed by atoms with Gasteiger partial charge < -0.3 is 24.7 Å². The second kappa shape index (κ2) is 9.14. The molecule has 7 nitrogen and oxygen atoms in total. The number of hydrogen-bond donors (Lipinski definition) is 2. The lowest BCUT2D eigenvalue weighted by Gasteiger charge is -2.17. The fraction of sp³-hybridized carbons (Fsp3) is 0.273. The number of likely N-dealkylation sites (N-methyl/N-ethyl adjacent to an activating group) is 1. The van der Waals surface area contributed by atoms with Gasteiger partial charge in [-0.05, 0) is 32.0 Å². The van der Waals surface area contributed by atoms with Crippen molar-refractivity contribution in [3.63, 3.8) is 0 Å². The van der Waals surface area contributed by atoms with Gasteiger partial charge in [0.15, 0.2) is 11.5 Å². The Balaban J connectivity index is 1.67. The van der Waals surface area contributed by atoms with Crippen LogP contribution in [0.3, 0.4) is 0 Å². The minimum atomic E-state index is -0.299. The van der Waals surface area contributed by atoms with Gasteiger partial charge in [0.05, 0.1) is 25.3 Å². The van der Waals surface area contributed by atoms with Gasteiger partial charge in [-0.25, -0.2) is 0 Å². The van der Waals surface area contributed by atoms with Crippen molar-refractivity contribution in [2.24, 2.45) is 0 Å². The molecule has 7 heteroatoms. The molecule has 0 fully saturated rings. The molecule has 0 spiro atoms. The summed E-state index contributed by atoms with van der Waals surface area (Å²) >= 11 is 0. The molecule has 3 aromatic rings. The Morgan fingerprint density at radius 3 is 2.52 bits per heavy atom. The normalized spacial score (nSPS) is 10.6. The van der Waals surface area contributed by atoms with Gasteiger partial charge in [-0.15, -0.1) is 0 Å². The average Bonchev–Trinajstić information content (AvgIpc) is 3.13. The quantitative estimate of drug-likeness (QED) is 0.609. The number of carbonyl (C=O) groups excluding carboxylic acids is 2. The Morgan fingerprint density at radius 2 is 1.76 bits per heavy atom. The predicted octanol–water partition coefficient (Wildman–Crippen LogP) is 3.68. The molecular weight excluding hydrogens is 370 g/mol. The molecule has 0 aliphatic rings. The van der Waals surface area contributed by atoms with E-state index in [1.165, 1.54) is 4.90 Å². The summed E-state index contributed by atoms with van der Waals surface area (Å²) in [6.45, 7) is 4.71. The number of H-pyrrole nitrogens is 1. The van der Waals surface area contributed by atoms with Crippen molar-refractivity contribution in [1.29, 1.82) is 0 Å². The van der Waals surface area contributed by atoms with Gasteiger partial charge in [0.25, 0.3) is 5.91 Å². The molecule has 2 aromatic carbocycles. The summed E-state index contributed by atoms with van der Waals surface area (Å²) in [5.41, 5.74) is 2.00. The molecule has 0 unspecified atom stereocenters. The molecule has 0 saturated carbocycles. The van der Waals surface area contributed by atoms with E-state index in [-0.39, 0.29) is 18.4 Å². The van der Waals surface area contributed by atoms with Crippen LogP contribution in [0.15, 0.2) is 48.7 Å². The number of aromatic nitrogens is 1. The molecule has 0 bridgehead atoms. The second-order valence-electron chi connectivity index (χ2n) is 6.48. The van der Waals surface area contributed by atoms with Gasteiger partial charge in [-0.2, -0.15) is 0 Å². The molecule has 0 saturated heterocycles. The van der Waals surface area contributed by atoms with Crippen molar-refractivity contribution in [2.75, 3.05) is 32.1 Å². The smallest absolute Gasteiger partial charge is 0.256 e. The molecule has 1 aromatic heterocycles. The van der Waals surface area contributed by atoms with Crippen molar-refractivity contribution in [3.05, 3.63) is 54.2 Å². The van der Waals surface area contributed by atoms with Gasteiger partial charge in [-0.1, -0.05) is 18.2 Å². The number of ether oxygens (including phenoxy) is 2. The van der Waals surface area contributed by atoms with Crippen LogP contribution in [-0.4, -0.2) is 48.5 Å². The zero-order valence-corrected chi connectivity index (χ0v) is 16.8. The van der Waals surface area contributed by atoms with Gasteiger partial charge in [0.1, 0.15) is 0 Å². The molecule has 1 heterocycles. The van der Waals surface area contributed by atoms with Crippen molar-refractivity contribution in [1.82, 2.24) is 9.88 Å². The van der Waals surface area contributed by atoms with Gasteiger partial charge in [0.2, 0.25) is 5.91 Å². The Labute approximate surface area is 169 Å². The van der Waals surface area contributed by atoms with E-state index >= 15 is 0 Å². The molecule has 3 rings (SSSR count). The predicted molar refractivity (Wildman–Crippen MR) is 113 cm³/mol. The summed E-state index contributed by atoms with van der Waals surface area (Å²) < 4.78 is 11.1. The van der Waals surface area contributed by atoms with Gasteiger partial charge in [-0.3, -0.25) is 9.59 Å². The molecule has 0 aliphatic carbocycles. The minimum Gasteiger partial charge on any atom is -0.490 e. The summed E-state index contributed by atoms with van der Waals surface area (Å²) in [7, 11) is 1.60. The van der Waals surface area contributed by atoms with E-state index in [1.54, 1.807) is 31.4 Å². The fourth-order valence-electron chi connectivity index (χ4n) is 3.07. The molecule has 0 radical (unpaired) electrons. The lowest BCUT2D eigenvalue weighted by Crippen LogP contribution is -2.34. The number of aromatic amines is 1. The summed E-state index contributed by atoms with van der Waals surface area (Å²) in [6.07, 6.45) is 1.67. The van der Waals surface area contributed by atoms with Crippen LogP contribution in [0.5, 0.6) is 11.5 Å². The zero-order valence-electron chi connectivity index (χ0n) is 16.8. The van der Waals surface area contributed by atoms with Gasteiger partial charge in [0, 0.05) is 35.9 Å². The second-order valence-corrected chi connectivity index (χ2v) is 6.48. The molecule has 0 atom stereocenters. The monoisotopic (exact) mass is 395 g/mol. The number of nitrogens with one attached hydrogen (secondary N) is 2. The van der Waals surface area contributed by atoms with Crippen LogP contribution in [0.2, 0.25) is 0 Å². The highest BCUT2D eigenvalue weighted by Gasteiger charge is 2.18. The number of hydrogen-bond acceptors (Lipinski definition) is 4. The SMILES string of the molecule is CCOc1ccc(NC(=O)CN(C)C(=O)c2c[nH]c3ccccc23)cc1OCC. The third kappa shape index (κ3) is 4.68. The van der Waals surface area contributed by atoms with Crippen molar-refractivity contribution in [2.45, 2.75) is 13.8 Å². The number of amides is 2. The van der Waals surface area contributed by atoms with E-state index < -0.39 is 0 Å². The summed E-state index contributed by atoms with van der Waals surface area (Å²) in [6, 6.07) is 12.8. The lowest BCUT2D eigenvalue weighted by molar-refractivity contribution is -0.116. The fourth-order valence-corrected chi connectivity index (χ4v) is 3.07. The lowest BCUT2D eigenvalue weighted by atomic mass is 10.1. The van der Waals surface area contributed by atoms with Crippen molar-refractivity contribution in [3.8, 4) is 11.5 Å². The van der Waals surface area contributed by atoms with Crippen LogP contribution in [0, 0.1) is 0 Å². The highest BCUT2D eigenvalue weighted by Crippen LogP contribution is 2.30.